The summed E-state index contributed by atoms with van der Waals surface area (Å²) in [6.07, 6.45) is -4.43. The van der Waals surface area contributed by atoms with Gasteiger partial charge in [0.05, 0.1) is 12.7 Å². The van der Waals surface area contributed by atoms with Crippen molar-refractivity contribution in [2.45, 2.75) is 30.8 Å². The Hall–Kier alpha value is -1.27. The Bertz CT molecular complexity index is 405. The lowest BCUT2D eigenvalue weighted by Gasteiger charge is -2.34. The molecule has 5 nitrogen and oxygen atoms in total. The quantitative estimate of drug-likeness (QED) is 0.645. The molecule has 1 aromatic carbocycles. The summed E-state index contributed by atoms with van der Waals surface area (Å²) in [5.41, 5.74) is 0.536. The minimum Gasteiger partial charge on any atom is -0.388 e. The lowest BCUT2D eigenvalue weighted by molar-refractivity contribution is -0.185. The van der Waals surface area contributed by atoms with E-state index in [4.69, 9.17) is 4.74 Å². The number of rotatable bonds is 3. The van der Waals surface area contributed by atoms with Crippen LogP contribution < -0.4 is 0 Å². The molecule has 18 heavy (non-hydrogen) atoms. The minimum absolute atomic E-state index is 0.0189. The number of ketones is 1. The van der Waals surface area contributed by atoms with Crippen molar-refractivity contribution in [2.24, 2.45) is 0 Å². The highest BCUT2D eigenvalue weighted by molar-refractivity contribution is 5.96. The van der Waals surface area contributed by atoms with Crippen LogP contribution in [-0.2, 0) is 4.74 Å². The lowest BCUT2D eigenvalue weighted by Crippen LogP contribution is -2.53. The van der Waals surface area contributed by atoms with Crippen LogP contribution in [0.2, 0.25) is 0 Å². The Kier molecular flexibility index (Phi) is 4.08. The third-order valence-corrected chi connectivity index (χ3v) is 3.09. The van der Waals surface area contributed by atoms with E-state index in [2.05, 4.69) is 0 Å². The molecule has 0 aromatic heterocycles. The molecule has 0 aliphatic carbocycles. The molecule has 0 saturated carbocycles. The van der Waals surface area contributed by atoms with E-state index in [0.29, 0.717) is 5.56 Å². The number of benzene rings is 1. The lowest BCUT2D eigenvalue weighted by atomic mass is 9.94. The Morgan fingerprint density at radius 1 is 1.17 bits per heavy atom. The van der Waals surface area contributed by atoms with Crippen molar-refractivity contribution in [2.75, 3.05) is 6.61 Å². The van der Waals surface area contributed by atoms with Crippen molar-refractivity contribution in [3.8, 4) is 0 Å². The maximum absolute atomic E-state index is 11.9. The fourth-order valence-corrected chi connectivity index (χ4v) is 1.97. The predicted molar refractivity (Wildman–Crippen MR) is 63.1 cm³/mol. The molecule has 2 rings (SSSR count). The largest absolute Gasteiger partial charge is 0.388 e. The van der Waals surface area contributed by atoms with Crippen molar-refractivity contribution >= 4 is 5.78 Å². The molecule has 1 aliphatic rings. The molecule has 0 amide bonds. The van der Waals surface area contributed by atoms with Crippen LogP contribution in [-0.4, -0.2) is 52.1 Å². The number of ether oxygens (including phenoxy) is 1. The summed E-state index contributed by atoms with van der Waals surface area (Å²) >= 11 is 0. The molecule has 4 atom stereocenters. The number of hydrogen-bond acceptors (Lipinski definition) is 5. The smallest absolute Gasteiger partial charge is 0.165 e. The number of hydrogen-bond donors (Lipinski definition) is 3. The first-order chi connectivity index (χ1) is 8.59. The first kappa shape index (κ1) is 13.2. The Labute approximate surface area is 105 Å². The number of carbonyl (C=O) groups is 1. The average Bonchev–Trinajstić information content (AvgIpc) is 2.40. The van der Waals surface area contributed by atoms with Gasteiger partial charge in [0.15, 0.2) is 5.78 Å². The third-order valence-electron chi connectivity index (χ3n) is 3.09. The summed E-state index contributed by atoms with van der Waals surface area (Å²) in [4.78, 5) is 11.9. The Morgan fingerprint density at radius 3 is 2.50 bits per heavy atom. The molecule has 0 unspecified atom stereocenters. The van der Waals surface area contributed by atoms with Crippen LogP contribution in [0.25, 0.3) is 0 Å². The van der Waals surface area contributed by atoms with E-state index in [0.717, 1.165) is 0 Å². The standard InChI is InChI=1S/C13H16O5/c14-9(8-4-2-1-3-5-8)6-11-13(17)12(16)10(15)7-18-11/h1-5,10-13,15-17H,6-7H2/t10-,11+,12-,13-/m1/s1. The SMILES string of the molecule is O=C(C[C@@H]1OC[C@@H](O)[C@@H](O)[C@@H]1O)c1ccccc1. The first-order valence-corrected chi connectivity index (χ1v) is 5.83. The van der Waals surface area contributed by atoms with Crippen LogP contribution >= 0.6 is 0 Å². The zero-order valence-corrected chi connectivity index (χ0v) is 9.77. The monoisotopic (exact) mass is 252 g/mol. The zero-order valence-electron chi connectivity index (χ0n) is 9.77. The van der Waals surface area contributed by atoms with Gasteiger partial charge in [-0.15, -0.1) is 0 Å². The highest BCUT2D eigenvalue weighted by atomic mass is 16.5. The maximum Gasteiger partial charge on any atom is 0.165 e. The molecule has 0 radical (unpaired) electrons. The second-order valence-electron chi connectivity index (χ2n) is 4.41. The minimum atomic E-state index is -1.27. The van der Waals surface area contributed by atoms with Gasteiger partial charge in [0.2, 0.25) is 0 Å². The molecule has 1 aliphatic heterocycles. The zero-order chi connectivity index (χ0) is 13.1. The van der Waals surface area contributed by atoms with Crippen molar-refractivity contribution in [3.63, 3.8) is 0 Å². The molecule has 0 bridgehead atoms. The number of carbonyl (C=O) groups excluding carboxylic acids is 1. The van der Waals surface area contributed by atoms with Gasteiger partial charge >= 0.3 is 0 Å². The summed E-state index contributed by atoms with van der Waals surface area (Å²) < 4.78 is 5.18. The number of aliphatic hydroxyl groups excluding tert-OH is 3. The van der Waals surface area contributed by atoms with E-state index in [1.807, 2.05) is 6.07 Å². The molecule has 98 valence electrons. The van der Waals surface area contributed by atoms with Gasteiger partial charge in [0.1, 0.15) is 18.3 Å². The molecule has 3 N–H and O–H groups in total. The second kappa shape index (κ2) is 5.58. The van der Waals surface area contributed by atoms with E-state index >= 15 is 0 Å². The van der Waals surface area contributed by atoms with Gasteiger partial charge in [-0.3, -0.25) is 4.79 Å². The molecule has 1 fully saturated rings. The summed E-state index contributed by atoms with van der Waals surface area (Å²) in [6, 6.07) is 8.68. The molecule has 1 heterocycles. The molecule has 1 aromatic rings. The van der Waals surface area contributed by atoms with Crippen LogP contribution in [0.3, 0.4) is 0 Å². The molecular formula is C13H16O5. The molecule has 0 spiro atoms. The molecule has 5 heteroatoms. The fourth-order valence-electron chi connectivity index (χ4n) is 1.97. The van der Waals surface area contributed by atoms with E-state index in [1.165, 1.54) is 0 Å². The highest BCUT2D eigenvalue weighted by Gasteiger charge is 2.38. The molecular weight excluding hydrogens is 236 g/mol. The van der Waals surface area contributed by atoms with Crippen LogP contribution in [0.15, 0.2) is 30.3 Å². The number of Topliss-reactive ketones (excluding diaryl/α,β-unsaturated/α-hetero) is 1. The summed E-state index contributed by atoms with van der Waals surface area (Å²) in [5.74, 6) is -0.164. The van der Waals surface area contributed by atoms with E-state index in [1.54, 1.807) is 24.3 Å². The van der Waals surface area contributed by atoms with Crippen LogP contribution in [0.1, 0.15) is 16.8 Å². The van der Waals surface area contributed by atoms with Gasteiger partial charge < -0.3 is 20.1 Å². The van der Waals surface area contributed by atoms with Gasteiger partial charge in [-0.25, -0.2) is 0 Å². The van der Waals surface area contributed by atoms with Gasteiger partial charge in [0, 0.05) is 12.0 Å². The van der Waals surface area contributed by atoms with Gasteiger partial charge in [-0.1, -0.05) is 30.3 Å². The van der Waals surface area contributed by atoms with Crippen LogP contribution in [0.4, 0.5) is 0 Å². The molecule has 1 saturated heterocycles. The Morgan fingerprint density at radius 2 is 1.83 bits per heavy atom. The predicted octanol–water partition coefficient (Wildman–Crippen LogP) is -0.259. The van der Waals surface area contributed by atoms with E-state index in [9.17, 15) is 20.1 Å². The Balaban J connectivity index is 2.00. The maximum atomic E-state index is 11.9. The van der Waals surface area contributed by atoms with E-state index in [-0.39, 0.29) is 18.8 Å². The number of aliphatic hydroxyl groups is 3. The van der Waals surface area contributed by atoms with Crippen LogP contribution in [0.5, 0.6) is 0 Å². The van der Waals surface area contributed by atoms with Crippen molar-refractivity contribution in [1.82, 2.24) is 0 Å². The van der Waals surface area contributed by atoms with Gasteiger partial charge in [-0.2, -0.15) is 0 Å². The third kappa shape index (κ3) is 2.76. The van der Waals surface area contributed by atoms with E-state index < -0.39 is 24.4 Å². The van der Waals surface area contributed by atoms with Crippen LogP contribution in [0, 0.1) is 0 Å². The summed E-state index contributed by atoms with van der Waals surface area (Å²) in [5, 5.41) is 28.5. The van der Waals surface area contributed by atoms with Gasteiger partial charge in [0.25, 0.3) is 0 Å². The highest BCUT2D eigenvalue weighted by Crippen LogP contribution is 2.19. The van der Waals surface area contributed by atoms with Gasteiger partial charge in [-0.05, 0) is 0 Å². The summed E-state index contributed by atoms with van der Waals surface area (Å²) in [6.45, 7) is -0.0784. The fraction of sp³-hybridized carbons (Fsp3) is 0.462. The average molecular weight is 252 g/mol. The first-order valence-electron chi connectivity index (χ1n) is 5.83. The second-order valence-corrected chi connectivity index (χ2v) is 4.41. The summed E-state index contributed by atoms with van der Waals surface area (Å²) in [7, 11) is 0. The van der Waals surface area contributed by atoms with Crippen molar-refractivity contribution in [3.05, 3.63) is 35.9 Å². The normalized spacial score (nSPS) is 32.2. The topological polar surface area (TPSA) is 87.0 Å². The van der Waals surface area contributed by atoms with Crippen molar-refractivity contribution < 1.29 is 24.9 Å². The van der Waals surface area contributed by atoms with Crippen molar-refractivity contribution in [1.29, 1.82) is 0 Å².